The van der Waals surface area contributed by atoms with Gasteiger partial charge in [-0.25, -0.2) is 4.98 Å². The molecule has 2 N–H and O–H groups in total. The summed E-state index contributed by atoms with van der Waals surface area (Å²) in [5.74, 6) is 2.26. The van der Waals surface area contributed by atoms with Gasteiger partial charge in [0.25, 0.3) is 0 Å². The molecule has 0 fully saturated rings. The lowest BCUT2D eigenvalue weighted by Gasteiger charge is -2.13. The molecule has 2 aromatic carbocycles. The summed E-state index contributed by atoms with van der Waals surface area (Å²) in [5.41, 5.74) is 3.14. The smallest absolute Gasteiger partial charge is 0.195 e. The lowest BCUT2D eigenvalue weighted by atomic mass is 10.2. The van der Waals surface area contributed by atoms with Gasteiger partial charge in [-0.3, -0.25) is 4.99 Å². The molecule has 2 heterocycles. The fraction of sp³-hybridized carbons (Fsp3) is 0.273. The Kier molecular flexibility index (Phi) is 6.26. The zero-order chi connectivity index (χ0) is 19.9. The number of nitrogens with one attached hydrogen (secondary N) is 2. The summed E-state index contributed by atoms with van der Waals surface area (Å²) in [7, 11) is 1.76. The number of hydrogen-bond donors (Lipinski definition) is 2. The van der Waals surface area contributed by atoms with Gasteiger partial charge in [-0.2, -0.15) is 0 Å². The van der Waals surface area contributed by atoms with Gasteiger partial charge in [0.05, 0.1) is 18.9 Å². The first-order valence-corrected chi connectivity index (χ1v) is 10.6. The number of fused-ring (bicyclic) bond motifs is 1. The van der Waals surface area contributed by atoms with Crippen LogP contribution in [-0.4, -0.2) is 37.7 Å². The summed E-state index contributed by atoms with van der Waals surface area (Å²) in [4.78, 5) is 9.03. The number of thiazole rings is 1. The minimum absolute atomic E-state index is 0.669. The van der Waals surface area contributed by atoms with E-state index in [9.17, 15) is 0 Å². The van der Waals surface area contributed by atoms with E-state index in [0.717, 1.165) is 52.8 Å². The van der Waals surface area contributed by atoms with Gasteiger partial charge < -0.3 is 20.1 Å². The average Bonchev–Trinajstić information content (AvgIpc) is 3.11. The third-order valence-electron chi connectivity index (χ3n) is 4.48. The number of aliphatic imine (C=N–C) groups is 1. The predicted molar refractivity (Wildman–Crippen MR) is 118 cm³/mol. The summed E-state index contributed by atoms with van der Waals surface area (Å²) >= 11 is 1.67. The maximum absolute atomic E-state index is 5.75. The van der Waals surface area contributed by atoms with Crippen LogP contribution in [0.1, 0.15) is 12.1 Å². The first-order valence-electron chi connectivity index (χ1n) is 9.69. The summed E-state index contributed by atoms with van der Waals surface area (Å²) in [5, 5.41) is 9.81. The molecule has 1 aliphatic rings. The van der Waals surface area contributed by atoms with Crippen LogP contribution in [-0.2, 0) is 6.42 Å². The molecular weight excluding hydrogens is 384 g/mol. The van der Waals surface area contributed by atoms with Crippen molar-refractivity contribution in [3.63, 3.8) is 0 Å². The topological polar surface area (TPSA) is 67.8 Å². The third-order valence-corrected chi connectivity index (χ3v) is 5.42. The lowest BCUT2D eigenvalue weighted by Crippen LogP contribution is -2.32. The second-order valence-electron chi connectivity index (χ2n) is 6.60. The van der Waals surface area contributed by atoms with Crippen molar-refractivity contribution in [1.29, 1.82) is 0 Å². The standard InChI is InChI=1S/C22H24N4O2S/c1-23-22(26-17-8-9-19-20(14-17)28-13-5-12-27-19)24-11-10-18-15-29-21(25-18)16-6-3-2-4-7-16/h2-4,6-9,14-15H,5,10-13H2,1H3,(H2,23,24,26). The highest BCUT2D eigenvalue weighted by atomic mass is 32.1. The molecule has 1 aromatic heterocycles. The van der Waals surface area contributed by atoms with Crippen molar-refractivity contribution in [2.24, 2.45) is 4.99 Å². The molecule has 0 unspecified atom stereocenters. The molecular formula is C22H24N4O2S. The Labute approximate surface area is 174 Å². The Morgan fingerprint density at radius 1 is 1.10 bits per heavy atom. The molecule has 1 aliphatic heterocycles. The fourth-order valence-corrected chi connectivity index (χ4v) is 3.86. The van der Waals surface area contributed by atoms with Gasteiger partial charge >= 0.3 is 0 Å². The van der Waals surface area contributed by atoms with Crippen molar-refractivity contribution >= 4 is 23.0 Å². The quantitative estimate of drug-likeness (QED) is 0.489. The summed E-state index contributed by atoms with van der Waals surface area (Å²) in [6.07, 6.45) is 1.72. The molecule has 3 aromatic rings. The van der Waals surface area contributed by atoms with Crippen molar-refractivity contribution in [3.05, 3.63) is 59.6 Å². The number of aromatic nitrogens is 1. The second kappa shape index (κ2) is 9.43. The van der Waals surface area contributed by atoms with E-state index < -0.39 is 0 Å². The fourth-order valence-electron chi connectivity index (χ4n) is 3.00. The average molecular weight is 409 g/mol. The second-order valence-corrected chi connectivity index (χ2v) is 7.45. The van der Waals surface area contributed by atoms with Crippen LogP contribution in [0.15, 0.2) is 58.9 Å². The maximum Gasteiger partial charge on any atom is 0.195 e. The zero-order valence-electron chi connectivity index (χ0n) is 16.4. The number of hydrogen-bond acceptors (Lipinski definition) is 5. The first kappa shape index (κ1) is 19.3. The molecule has 150 valence electrons. The molecule has 0 atom stereocenters. The van der Waals surface area contributed by atoms with Crippen LogP contribution in [0.5, 0.6) is 11.5 Å². The van der Waals surface area contributed by atoms with Crippen molar-refractivity contribution in [2.75, 3.05) is 32.1 Å². The highest BCUT2D eigenvalue weighted by molar-refractivity contribution is 7.13. The van der Waals surface area contributed by atoms with E-state index in [1.165, 1.54) is 0 Å². The molecule has 7 heteroatoms. The Hall–Kier alpha value is -3.06. The van der Waals surface area contributed by atoms with Crippen LogP contribution in [0.2, 0.25) is 0 Å². The molecule has 0 amide bonds. The molecule has 0 saturated carbocycles. The highest BCUT2D eigenvalue weighted by Gasteiger charge is 2.11. The van der Waals surface area contributed by atoms with Gasteiger partial charge in [0, 0.05) is 49.1 Å². The Balaban J connectivity index is 1.31. The molecule has 0 saturated heterocycles. The normalized spacial score (nSPS) is 13.6. The van der Waals surface area contributed by atoms with E-state index in [1.807, 2.05) is 36.4 Å². The number of nitrogens with zero attached hydrogens (tertiary/aromatic N) is 2. The van der Waals surface area contributed by atoms with Crippen LogP contribution in [0.3, 0.4) is 0 Å². The lowest BCUT2D eigenvalue weighted by molar-refractivity contribution is 0.297. The van der Waals surface area contributed by atoms with Crippen molar-refractivity contribution in [1.82, 2.24) is 10.3 Å². The zero-order valence-corrected chi connectivity index (χ0v) is 17.2. The van der Waals surface area contributed by atoms with Gasteiger partial charge in [0.1, 0.15) is 5.01 Å². The van der Waals surface area contributed by atoms with Gasteiger partial charge in [-0.05, 0) is 12.1 Å². The SMILES string of the molecule is CN=C(NCCc1csc(-c2ccccc2)n1)Nc1ccc2c(c1)OCCCO2. The van der Waals surface area contributed by atoms with Gasteiger partial charge in [0.15, 0.2) is 17.5 Å². The largest absolute Gasteiger partial charge is 0.490 e. The predicted octanol–water partition coefficient (Wildman–Crippen LogP) is 4.20. The Morgan fingerprint density at radius 3 is 2.76 bits per heavy atom. The molecule has 0 aliphatic carbocycles. The maximum atomic E-state index is 5.75. The van der Waals surface area contributed by atoms with E-state index in [1.54, 1.807) is 18.4 Å². The van der Waals surface area contributed by atoms with E-state index in [0.29, 0.717) is 19.2 Å². The summed E-state index contributed by atoms with van der Waals surface area (Å²) < 4.78 is 11.4. The van der Waals surface area contributed by atoms with Crippen molar-refractivity contribution < 1.29 is 9.47 Å². The number of ether oxygens (including phenoxy) is 2. The van der Waals surface area contributed by atoms with Crippen LogP contribution in [0, 0.1) is 0 Å². The van der Waals surface area contributed by atoms with Crippen LogP contribution >= 0.6 is 11.3 Å². The molecule has 0 spiro atoms. The van der Waals surface area contributed by atoms with E-state index in [4.69, 9.17) is 14.5 Å². The Morgan fingerprint density at radius 2 is 1.93 bits per heavy atom. The number of rotatable bonds is 5. The number of benzene rings is 2. The summed E-state index contributed by atoms with van der Waals surface area (Å²) in [6.45, 7) is 2.09. The van der Waals surface area contributed by atoms with Crippen LogP contribution in [0.25, 0.3) is 10.6 Å². The van der Waals surface area contributed by atoms with Gasteiger partial charge in [0.2, 0.25) is 0 Å². The van der Waals surface area contributed by atoms with Gasteiger partial charge in [-0.1, -0.05) is 30.3 Å². The number of guanidine groups is 1. The van der Waals surface area contributed by atoms with Crippen LogP contribution < -0.4 is 20.1 Å². The number of anilines is 1. The van der Waals surface area contributed by atoms with Crippen molar-refractivity contribution in [3.8, 4) is 22.1 Å². The van der Waals surface area contributed by atoms with E-state index in [-0.39, 0.29) is 0 Å². The molecule has 6 nitrogen and oxygen atoms in total. The monoisotopic (exact) mass is 408 g/mol. The minimum atomic E-state index is 0.669. The van der Waals surface area contributed by atoms with E-state index >= 15 is 0 Å². The highest BCUT2D eigenvalue weighted by Crippen LogP contribution is 2.32. The van der Waals surface area contributed by atoms with Gasteiger partial charge in [-0.15, -0.1) is 11.3 Å². The Bertz CT molecular complexity index is 972. The van der Waals surface area contributed by atoms with Crippen LogP contribution in [0.4, 0.5) is 5.69 Å². The molecule has 29 heavy (non-hydrogen) atoms. The minimum Gasteiger partial charge on any atom is -0.490 e. The molecule has 0 radical (unpaired) electrons. The molecule has 4 rings (SSSR count). The first-order chi connectivity index (χ1) is 14.3. The third kappa shape index (κ3) is 5.06. The summed E-state index contributed by atoms with van der Waals surface area (Å²) in [6, 6.07) is 16.1. The van der Waals surface area contributed by atoms with Crippen molar-refractivity contribution in [2.45, 2.75) is 12.8 Å². The molecule has 0 bridgehead atoms. The van der Waals surface area contributed by atoms with E-state index in [2.05, 4.69) is 33.1 Å².